The minimum atomic E-state index is -0.122. The van der Waals surface area contributed by atoms with Gasteiger partial charge in [-0.15, -0.1) is 11.3 Å². The molecular formula is C22H24N2O3S. The number of rotatable bonds is 7. The second-order valence-electron chi connectivity index (χ2n) is 6.73. The molecule has 6 heteroatoms. The number of carbonyl (C=O) groups is 1. The van der Waals surface area contributed by atoms with Crippen LogP contribution in [-0.4, -0.2) is 25.1 Å². The average Bonchev–Trinajstić information content (AvgIpc) is 3.16. The maximum absolute atomic E-state index is 12.4. The highest BCUT2D eigenvalue weighted by atomic mass is 32.1. The van der Waals surface area contributed by atoms with Crippen molar-refractivity contribution in [1.29, 1.82) is 0 Å². The molecule has 1 N–H and O–H groups in total. The van der Waals surface area contributed by atoms with Gasteiger partial charge in [-0.05, 0) is 29.2 Å². The third-order valence-corrected chi connectivity index (χ3v) is 5.19. The number of amides is 1. The molecule has 0 saturated carbocycles. The summed E-state index contributed by atoms with van der Waals surface area (Å²) in [5, 5.41) is 5.42. The van der Waals surface area contributed by atoms with Crippen molar-refractivity contribution in [1.82, 2.24) is 4.98 Å². The van der Waals surface area contributed by atoms with Crippen molar-refractivity contribution < 1.29 is 14.3 Å². The fraction of sp³-hybridized carbons (Fsp3) is 0.273. The molecule has 0 unspecified atom stereocenters. The molecule has 0 atom stereocenters. The number of nitrogens with zero attached hydrogens (tertiary/aromatic N) is 1. The number of hydrogen-bond acceptors (Lipinski definition) is 5. The number of aromatic nitrogens is 1. The largest absolute Gasteiger partial charge is 0.493 e. The third kappa shape index (κ3) is 4.70. The Balaban J connectivity index is 1.65. The van der Waals surface area contributed by atoms with E-state index in [0.29, 0.717) is 22.5 Å². The molecule has 3 rings (SSSR count). The van der Waals surface area contributed by atoms with Gasteiger partial charge in [0.2, 0.25) is 5.91 Å². The van der Waals surface area contributed by atoms with E-state index < -0.39 is 0 Å². The van der Waals surface area contributed by atoms with Gasteiger partial charge in [0.05, 0.1) is 26.3 Å². The van der Waals surface area contributed by atoms with E-state index in [0.717, 1.165) is 16.8 Å². The lowest BCUT2D eigenvalue weighted by molar-refractivity contribution is -0.115. The first-order valence-electron chi connectivity index (χ1n) is 9.06. The quantitative estimate of drug-likeness (QED) is 0.601. The molecule has 28 heavy (non-hydrogen) atoms. The van der Waals surface area contributed by atoms with Gasteiger partial charge in [0.15, 0.2) is 16.6 Å². The van der Waals surface area contributed by atoms with Gasteiger partial charge in [0.1, 0.15) is 0 Å². The van der Waals surface area contributed by atoms with Crippen LogP contribution in [-0.2, 0) is 11.2 Å². The van der Waals surface area contributed by atoms with E-state index in [1.807, 2.05) is 17.5 Å². The van der Waals surface area contributed by atoms with Crippen LogP contribution >= 0.6 is 11.3 Å². The normalized spacial score (nSPS) is 10.8. The Morgan fingerprint density at radius 1 is 1.07 bits per heavy atom. The minimum Gasteiger partial charge on any atom is -0.493 e. The molecule has 0 bridgehead atoms. The average molecular weight is 397 g/mol. The topological polar surface area (TPSA) is 60.5 Å². The summed E-state index contributed by atoms with van der Waals surface area (Å²) in [7, 11) is 3.16. The summed E-state index contributed by atoms with van der Waals surface area (Å²) in [5.41, 5.74) is 4.04. The fourth-order valence-corrected chi connectivity index (χ4v) is 3.58. The molecular weight excluding hydrogens is 372 g/mol. The number of carbonyl (C=O) groups excluding carboxylic acids is 1. The van der Waals surface area contributed by atoms with Gasteiger partial charge in [-0.25, -0.2) is 4.98 Å². The predicted molar refractivity (Wildman–Crippen MR) is 114 cm³/mol. The van der Waals surface area contributed by atoms with Crippen LogP contribution in [0.15, 0.2) is 47.8 Å². The molecule has 0 fully saturated rings. The summed E-state index contributed by atoms with van der Waals surface area (Å²) in [5.74, 6) is 1.62. The van der Waals surface area contributed by atoms with Crippen molar-refractivity contribution in [3.05, 3.63) is 59.0 Å². The Hall–Kier alpha value is -2.86. The number of ether oxygens (including phenoxy) is 2. The maximum atomic E-state index is 12.4. The maximum Gasteiger partial charge on any atom is 0.230 e. The molecule has 0 aliphatic heterocycles. The number of hydrogen-bond donors (Lipinski definition) is 1. The highest BCUT2D eigenvalue weighted by molar-refractivity contribution is 7.14. The lowest BCUT2D eigenvalue weighted by Crippen LogP contribution is -2.14. The molecule has 2 aromatic carbocycles. The van der Waals surface area contributed by atoms with E-state index in [2.05, 4.69) is 48.4 Å². The Bertz CT molecular complexity index is 949. The summed E-state index contributed by atoms with van der Waals surface area (Å²) >= 11 is 1.42. The van der Waals surface area contributed by atoms with Gasteiger partial charge >= 0.3 is 0 Å². The number of thiazole rings is 1. The summed E-state index contributed by atoms with van der Waals surface area (Å²) < 4.78 is 10.5. The lowest BCUT2D eigenvalue weighted by Gasteiger charge is -2.09. The molecule has 0 saturated heterocycles. The van der Waals surface area contributed by atoms with Crippen LogP contribution in [0.1, 0.15) is 30.9 Å². The van der Waals surface area contributed by atoms with Crippen molar-refractivity contribution in [3.63, 3.8) is 0 Å². The zero-order chi connectivity index (χ0) is 20.1. The predicted octanol–water partition coefficient (Wildman–Crippen LogP) is 5.13. The van der Waals surface area contributed by atoms with E-state index in [1.165, 1.54) is 16.9 Å². The van der Waals surface area contributed by atoms with Crippen LogP contribution in [0.4, 0.5) is 5.13 Å². The lowest BCUT2D eigenvalue weighted by atomic mass is 10.0. The number of nitrogens with one attached hydrogen (secondary N) is 1. The molecule has 0 aliphatic carbocycles. The molecule has 0 spiro atoms. The third-order valence-electron chi connectivity index (χ3n) is 4.44. The number of benzene rings is 2. The van der Waals surface area contributed by atoms with Crippen LogP contribution < -0.4 is 14.8 Å². The number of anilines is 1. The second kappa shape index (κ2) is 8.89. The van der Waals surface area contributed by atoms with Gasteiger partial charge < -0.3 is 14.8 Å². The molecule has 1 heterocycles. The first-order valence-corrected chi connectivity index (χ1v) is 9.94. The first-order chi connectivity index (χ1) is 13.5. The molecule has 1 aromatic heterocycles. The van der Waals surface area contributed by atoms with Crippen LogP contribution in [0.2, 0.25) is 0 Å². The van der Waals surface area contributed by atoms with Gasteiger partial charge in [0, 0.05) is 10.9 Å². The summed E-state index contributed by atoms with van der Waals surface area (Å²) in [4.78, 5) is 16.9. The monoisotopic (exact) mass is 396 g/mol. The van der Waals surface area contributed by atoms with Crippen LogP contribution in [0, 0.1) is 0 Å². The van der Waals surface area contributed by atoms with Gasteiger partial charge in [-0.3, -0.25) is 4.79 Å². The summed E-state index contributed by atoms with van der Waals surface area (Å²) in [6, 6.07) is 13.8. The van der Waals surface area contributed by atoms with Crippen molar-refractivity contribution in [2.75, 3.05) is 19.5 Å². The smallest absolute Gasteiger partial charge is 0.230 e. The molecule has 0 radical (unpaired) electrons. The van der Waals surface area contributed by atoms with Crippen LogP contribution in [0.5, 0.6) is 11.5 Å². The van der Waals surface area contributed by atoms with E-state index in [9.17, 15) is 4.79 Å². The van der Waals surface area contributed by atoms with E-state index in [4.69, 9.17) is 9.47 Å². The SMILES string of the molecule is COc1ccc(CC(=O)Nc2nc(-c3ccc(C(C)C)cc3)cs2)cc1OC. The Kier molecular flexibility index (Phi) is 6.31. The standard InChI is InChI=1S/C22H24N2O3S/c1-14(2)16-6-8-17(9-7-16)18-13-28-22(23-18)24-21(25)12-15-5-10-19(26-3)20(11-15)27-4/h5-11,13-14H,12H2,1-4H3,(H,23,24,25). The minimum absolute atomic E-state index is 0.122. The summed E-state index contributed by atoms with van der Waals surface area (Å²) in [6.45, 7) is 4.34. The fourth-order valence-electron chi connectivity index (χ4n) is 2.84. The van der Waals surface area contributed by atoms with E-state index in [-0.39, 0.29) is 12.3 Å². The van der Waals surface area contributed by atoms with Crippen LogP contribution in [0.25, 0.3) is 11.3 Å². The van der Waals surface area contributed by atoms with Gasteiger partial charge in [0.25, 0.3) is 0 Å². The van der Waals surface area contributed by atoms with E-state index in [1.54, 1.807) is 20.3 Å². The van der Waals surface area contributed by atoms with Gasteiger partial charge in [-0.2, -0.15) is 0 Å². The second-order valence-corrected chi connectivity index (χ2v) is 7.59. The zero-order valence-electron chi connectivity index (χ0n) is 16.5. The number of methoxy groups -OCH3 is 2. The molecule has 5 nitrogen and oxygen atoms in total. The van der Waals surface area contributed by atoms with Crippen molar-refractivity contribution in [2.45, 2.75) is 26.2 Å². The van der Waals surface area contributed by atoms with Crippen LogP contribution in [0.3, 0.4) is 0 Å². The van der Waals surface area contributed by atoms with E-state index >= 15 is 0 Å². The Labute approximate surface area is 169 Å². The highest BCUT2D eigenvalue weighted by Crippen LogP contribution is 2.29. The molecule has 3 aromatic rings. The summed E-state index contributed by atoms with van der Waals surface area (Å²) in [6.07, 6.45) is 0.234. The Morgan fingerprint density at radius 3 is 2.43 bits per heavy atom. The Morgan fingerprint density at radius 2 is 1.79 bits per heavy atom. The van der Waals surface area contributed by atoms with Crippen molar-refractivity contribution >= 4 is 22.4 Å². The van der Waals surface area contributed by atoms with Crippen molar-refractivity contribution in [2.24, 2.45) is 0 Å². The zero-order valence-corrected chi connectivity index (χ0v) is 17.3. The van der Waals surface area contributed by atoms with Crippen molar-refractivity contribution in [3.8, 4) is 22.8 Å². The molecule has 0 aliphatic rings. The first kappa shape index (κ1) is 19.9. The highest BCUT2D eigenvalue weighted by Gasteiger charge is 2.11. The molecule has 1 amide bonds. The van der Waals surface area contributed by atoms with Gasteiger partial charge in [-0.1, -0.05) is 44.2 Å². The molecule has 146 valence electrons.